The summed E-state index contributed by atoms with van der Waals surface area (Å²) >= 11 is 5.61. The predicted molar refractivity (Wildman–Crippen MR) is 103 cm³/mol. The van der Waals surface area contributed by atoms with Gasteiger partial charge >= 0.3 is 0 Å². The lowest BCUT2D eigenvalue weighted by Gasteiger charge is -2.41. The van der Waals surface area contributed by atoms with Gasteiger partial charge in [0.15, 0.2) is 6.61 Å². The van der Waals surface area contributed by atoms with Crippen molar-refractivity contribution in [3.63, 3.8) is 0 Å². The van der Waals surface area contributed by atoms with Crippen molar-refractivity contribution in [2.75, 3.05) is 13.2 Å². The minimum atomic E-state index is -1.56. The Morgan fingerprint density at radius 2 is 2.03 bits per heavy atom. The lowest BCUT2D eigenvalue weighted by Crippen LogP contribution is -2.61. The molecule has 2 amide bonds. The molecule has 3 saturated carbocycles. The normalized spacial score (nSPS) is 34.7. The van der Waals surface area contributed by atoms with Crippen LogP contribution in [-0.2, 0) is 9.59 Å². The number of hydrogen-bond acceptors (Lipinski definition) is 4. The van der Waals surface area contributed by atoms with Crippen LogP contribution in [0.25, 0.3) is 0 Å². The van der Waals surface area contributed by atoms with E-state index in [9.17, 15) is 22.8 Å². The zero-order valence-corrected chi connectivity index (χ0v) is 16.9. The highest BCUT2D eigenvalue weighted by Crippen LogP contribution is 2.52. The number of halogens is 4. The average Bonchev–Trinajstić information content (AvgIpc) is 3.16. The molecule has 3 aliphatic carbocycles. The van der Waals surface area contributed by atoms with Crippen molar-refractivity contribution in [1.29, 1.82) is 0 Å². The Morgan fingerprint density at radius 1 is 1.27 bits per heavy atom. The SMILES string of the molecule is O=C(COc1ccc(Cl)c(F)c1)NC1CC2(NC(=O)C3NCC(F)CC3F)CC1C2. The second-order valence-electron chi connectivity index (χ2n) is 8.42. The molecule has 4 unspecified atom stereocenters. The fraction of sp³-hybridized carbons (Fsp3) is 0.600. The minimum absolute atomic E-state index is 0.0307. The van der Waals surface area contributed by atoms with Crippen LogP contribution in [0.2, 0.25) is 5.02 Å². The van der Waals surface area contributed by atoms with Gasteiger partial charge in [-0.1, -0.05) is 11.6 Å². The molecule has 10 heteroatoms. The highest BCUT2D eigenvalue weighted by molar-refractivity contribution is 6.30. The first kappa shape index (κ1) is 21.2. The van der Waals surface area contributed by atoms with E-state index in [0.29, 0.717) is 19.3 Å². The number of amides is 2. The van der Waals surface area contributed by atoms with Gasteiger partial charge in [-0.2, -0.15) is 0 Å². The van der Waals surface area contributed by atoms with Crippen LogP contribution in [0.4, 0.5) is 13.2 Å². The van der Waals surface area contributed by atoms with Gasteiger partial charge in [-0.15, -0.1) is 0 Å². The van der Waals surface area contributed by atoms with Gasteiger partial charge in [0, 0.05) is 30.6 Å². The van der Waals surface area contributed by atoms with Gasteiger partial charge < -0.3 is 20.7 Å². The zero-order chi connectivity index (χ0) is 21.5. The summed E-state index contributed by atoms with van der Waals surface area (Å²) in [5.41, 5.74) is -0.464. The van der Waals surface area contributed by atoms with Crippen molar-refractivity contribution in [3.8, 4) is 5.75 Å². The molecule has 1 saturated heterocycles. The number of nitrogens with one attached hydrogen (secondary N) is 3. The molecule has 0 radical (unpaired) electrons. The van der Waals surface area contributed by atoms with Crippen molar-refractivity contribution in [3.05, 3.63) is 29.0 Å². The monoisotopic (exact) mass is 445 g/mol. The first-order valence-corrected chi connectivity index (χ1v) is 10.3. The number of alkyl halides is 2. The summed E-state index contributed by atoms with van der Waals surface area (Å²) in [6.07, 6.45) is -1.19. The number of carbonyl (C=O) groups is 2. The van der Waals surface area contributed by atoms with Crippen LogP contribution in [0.1, 0.15) is 25.7 Å². The number of rotatable bonds is 6. The van der Waals surface area contributed by atoms with Crippen LogP contribution in [0.15, 0.2) is 18.2 Å². The molecular weight excluding hydrogens is 423 g/mol. The average molecular weight is 446 g/mol. The van der Waals surface area contributed by atoms with Gasteiger partial charge in [-0.3, -0.25) is 9.59 Å². The van der Waals surface area contributed by atoms with Gasteiger partial charge in [0.05, 0.1) is 5.02 Å². The summed E-state index contributed by atoms with van der Waals surface area (Å²) in [6, 6.07) is 2.75. The van der Waals surface area contributed by atoms with Crippen molar-refractivity contribution >= 4 is 23.4 Å². The van der Waals surface area contributed by atoms with Crippen molar-refractivity contribution in [2.24, 2.45) is 5.92 Å². The summed E-state index contributed by atoms with van der Waals surface area (Å²) in [5.74, 6) is -1.03. The van der Waals surface area contributed by atoms with E-state index in [0.717, 1.165) is 6.07 Å². The molecule has 5 rings (SSSR count). The Balaban J connectivity index is 1.24. The predicted octanol–water partition coefficient (Wildman–Crippen LogP) is 2.05. The molecule has 4 fully saturated rings. The first-order valence-electron chi connectivity index (χ1n) is 9.95. The number of piperidine rings is 1. The molecule has 0 aromatic heterocycles. The second-order valence-corrected chi connectivity index (χ2v) is 8.82. The van der Waals surface area contributed by atoms with Crippen molar-refractivity contribution in [2.45, 2.75) is 55.6 Å². The number of ether oxygens (including phenoxy) is 1. The maximum absolute atomic E-state index is 14.0. The Morgan fingerprint density at radius 3 is 2.73 bits per heavy atom. The van der Waals surface area contributed by atoms with Gasteiger partial charge in [-0.25, -0.2) is 13.2 Å². The Hall–Kier alpha value is -2.00. The molecule has 1 aromatic rings. The lowest BCUT2D eigenvalue weighted by molar-refractivity contribution is -0.128. The fourth-order valence-corrected chi connectivity index (χ4v) is 4.83. The first-order chi connectivity index (χ1) is 14.2. The summed E-state index contributed by atoms with van der Waals surface area (Å²) < 4.78 is 46.0. The van der Waals surface area contributed by atoms with E-state index in [2.05, 4.69) is 16.0 Å². The Bertz CT molecular complexity index is 837. The topological polar surface area (TPSA) is 79.5 Å². The molecule has 6 nitrogen and oxygen atoms in total. The van der Waals surface area contributed by atoms with E-state index in [-0.39, 0.29) is 48.2 Å². The standard InChI is InChI=1S/C20H23ClF3N3O3/c21-13-2-1-12(4-14(13)23)30-9-17(28)26-16-7-20(5-10(16)6-20)27-19(29)18-15(24)3-11(22)8-25-18/h1-2,4,10-11,15-16,18,25H,3,5-9H2,(H,26,28)(H,27,29). The van der Waals surface area contributed by atoms with Crippen LogP contribution >= 0.6 is 11.6 Å². The van der Waals surface area contributed by atoms with Gasteiger partial charge in [0.25, 0.3) is 5.91 Å². The maximum atomic E-state index is 14.0. The number of benzene rings is 1. The highest BCUT2D eigenvalue weighted by atomic mass is 35.5. The van der Waals surface area contributed by atoms with Crippen molar-refractivity contribution < 1.29 is 27.5 Å². The molecular formula is C20H23ClF3N3O3. The molecule has 4 aliphatic rings. The summed E-state index contributed by atoms with van der Waals surface area (Å²) in [7, 11) is 0. The molecule has 0 spiro atoms. The van der Waals surface area contributed by atoms with E-state index < -0.39 is 35.6 Å². The molecule has 164 valence electrons. The summed E-state index contributed by atoms with van der Waals surface area (Å²) in [5, 5.41) is 8.39. The van der Waals surface area contributed by atoms with E-state index in [1.807, 2.05) is 0 Å². The quantitative estimate of drug-likeness (QED) is 0.626. The summed E-state index contributed by atoms with van der Waals surface area (Å²) in [4.78, 5) is 24.7. The second kappa shape index (κ2) is 8.26. The van der Waals surface area contributed by atoms with Crippen LogP contribution in [0.5, 0.6) is 5.75 Å². The Kier molecular flexibility index (Phi) is 5.85. The lowest BCUT2D eigenvalue weighted by atomic mass is 9.76. The van der Waals surface area contributed by atoms with Gasteiger partial charge in [0.1, 0.15) is 30.0 Å². The van der Waals surface area contributed by atoms with Crippen LogP contribution < -0.4 is 20.7 Å². The Labute approximate surface area is 176 Å². The molecule has 3 N–H and O–H groups in total. The van der Waals surface area contributed by atoms with E-state index in [1.165, 1.54) is 12.1 Å². The molecule has 1 heterocycles. The molecule has 2 bridgehead atoms. The van der Waals surface area contributed by atoms with E-state index in [1.54, 1.807) is 0 Å². The molecule has 1 aromatic carbocycles. The molecule has 1 aliphatic heterocycles. The fourth-order valence-electron chi connectivity index (χ4n) is 4.71. The number of hydrogen-bond donors (Lipinski definition) is 3. The molecule has 4 atom stereocenters. The van der Waals surface area contributed by atoms with E-state index in [4.69, 9.17) is 16.3 Å². The number of fused-ring (bicyclic) bond motifs is 1. The zero-order valence-electron chi connectivity index (χ0n) is 16.1. The van der Waals surface area contributed by atoms with Crippen LogP contribution in [-0.4, -0.2) is 54.9 Å². The summed E-state index contributed by atoms with van der Waals surface area (Å²) in [6.45, 7) is -0.312. The third-order valence-corrected chi connectivity index (χ3v) is 6.47. The third kappa shape index (κ3) is 4.37. The van der Waals surface area contributed by atoms with Crippen molar-refractivity contribution in [1.82, 2.24) is 16.0 Å². The number of carbonyl (C=O) groups excluding carboxylic acids is 2. The van der Waals surface area contributed by atoms with Crippen LogP contribution in [0.3, 0.4) is 0 Å². The molecule has 30 heavy (non-hydrogen) atoms. The minimum Gasteiger partial charge on any atom is -0.484 e. The maximum Gasteiger partial charge on any atom is 0.258 e. The van der Waals surface area contributed by atoms with Gasteiger partial charge in [-0.05, 0) is 37.3 Å². The smallest absolute Gasteiger partial charge is 0.258 e. The highest BCUT2D eigenvalue weighted by Gasteiger charge is 2.57. The third-order valence-electron chi connectivity index (χ3n) is 6.17. The largest absolute Gasteiger partial charge is 0.484 e. The van der Waals surface area contributed by atoms with Gasteiger partial charge in [0.2, 0.25) is 5.91 Å². The van der Waals surface area contributed by atoms with Crippen LogP contribution in [0, 0.1) is 11.7 Å². The van der Waals surface area contributed by atoms with E-state index >= 15 is 0 Å².